The molecule has 1 amide bonds. The molecule has 0 aliphatic carbocycles. The van der Waals surface area contributed by atoms with E-state index < -0.39 is 5.82 Å². The van der Waals surface area contributed by atoms with Gasteiger partial charge < -0.3 is 10.1 Å². The number of nitrogens with one attached hydrogen (secondary N) is 1. The average molecular weight is 339 g/mol. The number of anilines is 1. The predicted octanol–water partition coefficient (Wildman–Crippen LogP) is 3.97. The lowest BCUT2D eigenvalue weighted by molar-refractivity contribution is 0.102. The van der Waals surface area contributed by atoms with Gasteiger partial charge in [-0.15, -0.1) is 0 Å². The highest BCUT2D eigenvalue weighted by Crippen LogP contribution is 2.26. The van der Waals surface area contributed by atoms with E-state index >= 15 is 0 Å². The molecule has 128 valence electrons. The summed E-state index contributed by atoms with van der Waals surface area (Å²) in [6, 6.07) is 11.1. The second-order valence-electron chi connectivity index (χ2n) is 5.54. The van der Waals surface area contributed by atoms with Gasteiger partial charge in [-0.1, -0.05) is 0 Å². The average Bonchev–Trinajstić information content (AvgIpc) is 3.04. The molecule has 0 radical (unpaired) electrons. The number of halogens is 1. The molecule has 0 saturated heterocycles. The number of nitrogens with zero attached hydrogens (tertiary/aromatic N) is 2. The van der Waals surface area contributed by atoms with E-state index in [1.54, 1.807) is 29.9 Å². The van der Waals surface area contributed by atoms with Crippen molar-refractivity contribution in [2.24, 2.45) is 0 Å². The monoisotopic (exact) mass is 339 g/mol. The van der Waals surface area contributed by atoms with E-state index in [-0.39, 0.29) is 5.91 Å². The van der Waals surface area contributed by atoms with Crippen LogP contribution >= 0.6 is 0 Å². The minimum absolute atomic E-state index is 0.296. The van der Waals surface area contributed by atoms with E-state index in [2.05, 4.69) is 10.4 Å². The fraction of sp³-hybridized carbons (Fsp3) is 0.158. The van der Waals surface area contributed by atoms with Gasteiger partial charge in [0.2, 0.25) is 0 Å². The Balaban J connectivity index is 1.77. The molecule has 2 aromatic carbocycles. The molecule has 0 saturated carbocycles. The number of aromatic nitrogens is 2. The van der Waals surface area contributed by atoms with Gasteiger partial charge in [-0.2, -0.15) is 5.10 Å². The van der Waals surface area contributed by atoms with Gasteiger partial charge in [0.05, 0.1) is 24.2 Å². The number of hydrogen-bond donors (Lipinski definition) is 1. The van der Waals surface area contributed by atoms with Crippen LogP contribution in [0, 0.1) is 12.7 Å². The number of hydrogen-bond acceptors (Lipinski definition) is 3. The minimum Gasteiger partial charge on any atom is -0.492 e. The van der Waals surface area contributed by atoms with E-state index in [1.807, 2.05) is 25.3 Å². The van der Waals surface area contributed by atoms with Gasteiger partial charge in [-0.05, 0) is 55.8 Å². The van der Waals surface area contributed by atoms with E-state index in [1.165, 1.54) is 18.2 Å². The highest BCUT2D eigenvalue weighted by molar-refractivity contribution is 6.05. The Morgan fingerprint density at radius 2 is 2.00 bits per heavy atom. The Kier molecular flexibility index (Phi) is 4.79. The van der Waals surface area contributed by atoms with Crippen LogP contribution in [0.25, 0.3) is 5.69 Å². The van der Waals surface area contributed by atoms with E-state index in [0.717, 1.165) is 11.3 Å². The van der Waals surface area contributed by atoms with Crippen LogP contribution in [0.3, 0.4) is 0 Å². The molecule has 25 heavy (non-hydrogen) atoms. The quantitative estimate of drug-likeness (QED) is 0.765. The smallest absolute Gasteiger partial charge is 0.255 e. The predicted molar refractivity (Wildman–Crippen MR) is 93.8 cm³/mol. The summed E-state index contributed by atoms with van der Waals surface area (Å²) in [4.78, 5) is 12.4. The molecule has 3 rings (SSSR count). The van der Waals surface area contributed by atoms with Crippen LogP contribution in [0.15, 0.2) is 54.9 Å². The lowest BCUT2D eigenvalue weighted by atomic mass is 10.2. The Morgan fingerprint density at radius 3 is 2.64 bits per heavy atom. The van der Waals surface area contributed by atoms with Crippen LogP contribution in [-0.4, -0.2) is 22.3 Å². The van der Waals surface area contributed by atoms with Crippen LogP contribution in [0.5, 0.6) is 5.75 Å². The highest BCUT2D eigenvalue weighted by Gasteiger charge is 2.11. The maximum absolute atomic E-state index is 13.3. The van der Waals surface area contributed by atoms with E-state index in [9.17, 15) is 9.18 Å². The summed E-state index contributed by atoms with van der Waals surface area (Å²) in [7, 11) is 0. The van der Waals surface area contributed by atoms with Crippen molar-refractivity contribution in [3.63, 3.8) is 0 Å². The largest absolute Gasteiger partial charge is 0.492 e. The molecule has 0 spiro atoms. The third kappa shape index (κ3) is 3.85. The fourth-order valence-corrected chi connectivity index (χ4v) is 2.39. The van der Waals surface area contributed by atoms with Crippen LogP contribution < -0.4 is 10.1 Å². The summed E-state index contributed by atoms with van der Waals surface area (Å²) in [6.07, 6.45) is 3.67. The maximum atomic E-state index is 13.3. The molecule has 1 aromatic heterocycles. The molecule has 5 nitrogen and oxygen atoms in total. The standard InChI is InChI=1S/C19H18FN3O2/c1-3-25-18-10-15(20)6-9-17(18)22-19(24)14-4-7-16(8-5-14)23-12-13(2)11-21-23/h4-12H,3H2,1-2H3,(H,22,24). The van der Waals surface area contributed by atoms with Crippen molar-refractivity contribution in [1.29, 1.82) is 0 Å². The van der Waals surface area contributed by atoms with Gasteiger partial charge in [-0.25, -0.2) is 9.07 Å². The topological polar surface area (TPSA) is 56.1 Å². The van der Waals surface area contributed by atoms with Gasteiger partial charge >= 0.3 is 0 Å². The van der Waals surface area contributed by atoms with Crippen molar-refractivity contribution in [2.45, 2.75) is 13.8 Å². The summed E-state index contributed by atoms with van der Waals surface area (Å²) < 4.78 is 20.4. The first kappa shape index (κ1) is 16.7. The van der Waals surface area contributed by atoms with Crippen LogP contribution in [0.4, 0.5) is 10.1 Å². The lowest BCUT2D eigenvalue weighted by Gasteiger charge is -2.12. The molecule has 0 aliphatic rings. The molecule has 0 bridgehead atoms. The highest BCUT2D eigenvalue weighted by atomic mass is 19.1. The molecule has 0 atom stereocenters. The molecule has 3 aromatic rings. The molecule has 0 fully saturated rings. The molecular formula is C19H18FN3O2. The van der Waals surface area contributed by atoms with Crippen LogP contribution in [0.1, 0.15) is 22.8 Å². The number of aryl methyl sites for hydroxylation is 1. The van der Waals surface area contributed by atoms with Crippen LogP contribution in [0.2, 0.25) is 0 Å². The van der Waals surface area contributed by atoms with Crippen molar-refractivity contribution in [3.05, 3.63) is 71.8 Å². The minimum atomic E-state index is -0.416. The summed E-state index contributed by atoms with van der Waals surface area (Å²) >= 11 is 0. The lowest BCUT2D eigenvalue weighted by Crippen LogP contribution is -2.13. The molecule has 0 aliphatic heterocycles. The number of benzene rings is 2. The van der Waals surface area contributed by atoms with Crippen molar-refractivity contribution in [1.82, 2.24) is 9.78 Å². The molecule has 1 heterocycles. The maximum Gasteiger partial charge on any atom is 0.255 e. The summed E-state index contributed by atoms with van der Waals surface area (Å²) in [6.45, 7) is 4.14. The van der Waals surface area contributed by atoms with E-state index in [4.69, 9.17) is 4.74 Å². The SMILES string of the molecule is CCOc1cc(F)ccc1NC(=O)c1ccc(-n2cc(C)cn2)cc1. The zero-order valence-electron chi connectivity index (χ0n) is 14.0. The normalized spacial score (nSPS) is 10.5. The number of ether oxygens (including phenoxy) is 1. The summed E-state index contributed by atoms with van der Waals surface area (Å²) in [5.41, 5.74) is 2.84. The van der Waals surface area contributed by atoms with Gasteiger partial charge in [0.25, 0.3) is 5.91 Å². The van der Waals surface area contributed by atoms with Gasteiger partial charge in [0.15, 0.2) is 0 Å². The number of carbonyl (C=O) groups is 1. The summed E-state index contributed by atoms with van der Waals surface area (Å²) in [5.74, 6) is -0.407. The second-order valence-corrected chi connectivity index (χ2v) is 5.54. The summed E-state index contributed by atoms with van der Waals surface area (Å²) in [5, 5.41) is 6.98. The Hall–Kier alpha value is -3.15. The first-order valence-electron chi connectivity index (χ1n) is 7.92. The van der Waals surface area contributed by atoms with Gasteiger partial charge in [-0.3, -0.25) is 4.79 Å². The number of rotatable bonds is 5. The number of amides is 1. The molecular weight excluding hydrogens is 321 g/mol. The van der Waals surface area contributed by atoms with Gasteiger partial charge in [0.1, 0.15) is 11.6 Å². The Labute approximate surface area is 145 Å². The first-order valence-corrected chi connectivity index (χ1v) is 7.92. The first-order chi connectivity index (χ1) is 12.1. The molecule has 0 unspecified atom stereocenters. The Morgan fingerprint density at radius 1 is 1.24 bits per heavy atom. The van der Waals surface area contributed by atoms with E-state index in [0.29, 0.717) is 23.6 Å². The zero-order valence-corrected chi connectivity index (χ0v) is 14.0. The molecule has 1 N–H and O–H groups in total. The third-order valence-electron chi connectivity index (χ3n) is 3.60. The zero-order chi connectivity index (χ0) is 17.8. The Bertz CT molecular complexity index is 888. The van der Waals surface area contributed by atoms with Crippen LogP contribution in [-0.2, 0) is 0 Å². The van der Waals surface area contributed by atoms with Crippen molar-refractivity contribution in [3.8, 4) is 11.4 Å². The van der Waals surface area contributed by atoms with Crippen molar-refractivity contribution < 1.29 is 13.9 Å². The second kappa shape index (κ2) is 7.17. The third-order valence-corrected chi connectivity index (χ3v) is 3.60. The van der Waals surface area contributed by atoms with Gasteiger partial charge in [0, 0.05) is 17.8 Å². The van der Waals surface area contributed by atoms with Crippen molar-refractivity contribution >= 4 is 11.6 Å². The fourth-order valence-electron chi connectivity index (χ4n) is 2.39. The van der Waals surface area contributed by atoms with Crippen molar-refractivity contribution in [2.75, 3.05) is 11.9 Å². The molecule has 6 heteroatoms. The number of carbonyl (C=O) groups excluding carboxylic acids is 1.